The van der Waals surface area contributed by atoms with Crippen molar-refractivity contribution in [3.8, 4) is 11.5 Å². The molecule has 1 fully saturated rings. The van der Waals surface area contributed by atoms with Crippen molar-refractivity contribution in [1.29, 1.82) is 0 Å². The van der Waals surface area contributed by atoms with Crippen LogP contribution in [0.15, 0.2) is 12.1 Å². The van der Waals surface area contributed by atoms with Gasteiger partial charge in [0.2, 0.25) is 5.91 Å². The molecule has 1 aliphatic heterocycles. The van der Waals surface area contributed by atoms with E-state index in [1.807, 2.05) is 32.9 Å². The van der Waals surface area contributed by atoms with Crippen LogP contribution in [-0.4, -0.2) is 63.3 Å². The first-order valence-corrected chi connectivity index (χ1v) is 12.4. The van der Waals surface area contributed by atoms with E-state index in [1.165, 1.54) is 11.8 Å². The van der Waals surface area contributed by atoms with Crippen molar-refractivity contribution in [2.45, 2.75) is 39.0 Å². The minimum Gasteiger partial charge on any atom is -0.493 e. The molecule has 1 aromatic carbocycles. The maximum Gasteiger partial charge on any atom is 0.232 e. The van der Waals surface area contributed by atoms with Gasteiger partial charge in [0, 0.05) is 18.3 Å². The molecule has 1 aliphatic rings. The summed E-state index contributed by atoms with van der Waals surface area (Å²) in [5.41, 5.74) is 2.17. The number of rotatable bonds is 9. The Morgan fingerprint density at radius 1 is 1.25 bits per heavy atom. The molecule has 0 saturated carbocycles. The van der Waals surface area contributed by atoms with Crippen LogP contribution in [0.25, 0.3) is 0 Å². The van der Waals surface area contributed by atoms with E-state index in [2.05, 4.69) is 0 Å². The smallest absolute Gasteiger partial charge is 0.232 e. The Hall–Kier alpha value is -1.41. The Bertz CT molecular complexity index is 792. The summed E-state index contributed by atoms with van der Waals surface area (Å²) in [7, 11) is 0.193. The Morgan fingerprint density at radius 2 is 1.89 bits per heavy atom. The van der Waals surface area contributed by atoms with Crippen LogP contribution in [0.3, 0.4) is 0 Å². The molecule has 158 valence electrons. The van der Waals surface area contributed by atoms with E-state index in [-0.39, 0.29) is 23.5 Å². The molecule has 0 unspecified atom stereocenters. The van der Waals surface area contributed by atoms with Crippen LogP contribution in [0.5, 0.6) is 11.5 Å². The lowest BCUT2D eigenvalue weighted by molar-refractivity contribution is -0.130. The summed E-state index contributed by atoms with van der Waals surface area (Å²) in [5, 5.41) is 0. The van der Waals surface area contributed by atoms with Crippen molar-refractivity contribution < 1.29 is 22.7 Å². The number of ether oxygens (including phenoxy) is 2. The van der Waals surface area contributed by atoms with E-state index >= 15 is 0 Å². The number of nitrogens with zero attached hydrogens (tertiary/aromatic N) is 1. The van der Waals surface area contributed by atoms with Crippen molar-refractivity contribution in [2.24, 2.45) is 5.92 Å². The average Bonchev–Trinajstić information content (AvgIpc) is 2.99. The van der Waals surface area contributed by atoms with Gasteiger partial charge in [-0.2, -0.15) is 0 Å². The van der Waals surface area contributed by atoms with Crippen molar-refractivity contribution >= 4 is 27.5 Å². The highest BCUT2D eigenvalue weighted by Crippen LogP contribution is 2.32. The van der Waals surface area contributed by atoms with E-state index in [0.29, 0.717) is 41.9 Å². The standard InChI is InChI=1S/C20H31NO5S2/c1-14(2)10-21(17-6-7-28(23,24)13-17)20(22)12-27-11-16-9-19(26-5)18(25-4)8-15(16)3/h8-9,14,17H,6-7,10-13H2,1-5H3/t17-/m1/s1. The van der Waals surface area contributed by atoms with Gasteiger partial charge >= 0.3 is 0 Å². The Balaban J connectivity index is 2.01. The Kier molecular flexibility index (Phi) is 8.07. The number of amides is 1. The first-order valence-electron chi connectivity index (χ1n) is 9.46. The van der Waals surface area contributed by atoms with Gasteiger partial charge in [0.05, 0.1) is 31.5 Å². The van der Waals surface area contributed by atoms with Crippen molar-refractivity contribution in [1.82, 2.24) is 4.90 Å². The highest BCUT2D eigenvalue weighted by molar-refractivity contribution is 7.99. The second-order valence-electron chi connectivity index (χ2n) is 7.62. The summed E-state index contributed by atoms with van der Waals surface area (Å²) < 4.78 is 34.4. The molecule has 28 heavy (non-hydrogen) atoms. The van der Waals surface area contributed by atoms with Crippen LogP contribution in [0.2, 0.25) is 0 Å². The lowest BCUT2D eigenvalue weighted by Gasteiger charge is -2.30. The van der Waals surface area contributed by atoms with E-state index in [4.69, 9.17) is 9.47 Å². The van der Waals surface area contributed by atoms with Crippen LogP contribution in [0.1, 0.15) is 31.4 Å². The predicted molar refractivity (Wildman–Crippen MR) is 114 cm³/mol. The first-order chi connectivity index (χ1) is 13.2. The molecular formula is C20H31NO5S2. The second-order valence-corrected chi connectivity index (χ2v) is 10.8. The molecule has 1 atom stereocenters. The number of methoxy groups -OCH3 is 2. The van der Waals surface area contributed by atoms with Crippen molar-refractivity contribution in [2.75, 3.05) is 38.0 Å². The molecule has 6 nitrogen and oxygen atoms in total. The van der Waals surface area contributed by atoms with Crippen LogP contribution >= 0.6 is 11.8 Å². The zero-order chi connectivity index (χ0) is 20.9. The largest absolute Gasteiger partial charge is 0.493 e. The quantitative estimate of drug-likeness (QED) is 0.601. The lowest BCUT2D eigenvalue weighted by Crippen LogP contribution is -2.44. The number of sulfone groups is 1. The van der Waals surface area contributed by atoms with E-state index in [9.17, 15) is 13.2 Å². The van der Waals surface area contributed by atoms with E-state index in [0.717, 1.165) is 11.1 Å². The second kappa shape index (κ2) is 9.87. The molecule has 0 N–H and O–H groups in total. The fourth-order valence-electron chi connectivity index (χ4n) is 3.38. The monoisotopic (exact) mass is 429 g/mol. The minimum atomic E-state index is -3.02. The number of aryl methyl sites for hydroxylation is 1. The van der Waals surface area contributed by atoms with Crippen molar-refractivity contribution in [3.05, 3.63) is 23.3 Å². The summed E-state index contributed by atoms with van der Waals surface area (Å²) in [6, 6.07) is 3.69. The van der Waals surface area contributed by atoms with Gasteiger partial charge in [-0.25, -0.2) is 8.42 Å². The highest BCUT2D eigenvalue weighted by Gasteiger charge is 2.34. The summed E-state index contributed by atoms with van der Waals surface area (Å²) >= 11 is 1.54. The van der Waals surface area contributed by atoms with Gasteiger partial charge in [0.25, 0.3) is 0 Å². The highest BCUT2D eigenvalue weighted by atomic mass is 32.2. The lowest BCUT2D eigenvalue weighted by atomic mass is 10.1. The number of hydrogen-bond donors (Lipinski definition) is 0. The van der Waals surface area contributed by atoms with Crippen molar-refractivity contribution in [3.63, 3.8) is 0 Å². The topological polar surface area (TPSA) is 72.9 Å². The Morgan fingerprint density at radius 3 is 2.43 bits per heavy atom. The van der Waals surface area contributed by atoms with Gasteiger partial charge < -0.3 is 14.4 Å². The summed E-state index contributed by atoms with van der Waals surface area (Å²) in [6.45, 7) is 6.69. The van der Waals surface area contributed by atoms with Gasteiger partial charge in [0.1, 0.15) is 0 Å². The third kappa shape index (κ3) is 6.04. The van der Waals surface area contributed by atoms with Gasteiger partial charge in [-0.15, -0.1) is 11.8 Å². The Labute approximate surface area is 172 Å². The van der Waals surface area contributed by atoms with Gasteiger partial charge in [-0.3, -0.25) is 4.79 Å². The molecular weight excluding hydrogens is 398 g/mol. The minimum absolute atomic E-state index is 0.0129. The van der Waals surface area contributed by atoms with Gasteiger partial charge in [-0.1, -0.05) is 13.8 Å². The number of thioether (sulfide) groups is 1. The summed E-state index contributed by atoms with van der Waals surface area (Å²) in [6.07, 6.45) is 0.542. The third-order valence-corrected chi connectivity index (χ3v) is 7.57. The zero-order valence-electron chi connectivity index (χ0n) is 17.4. The molecule has 1 heterocycles. The van der Waals surface area contributed by atoms with Crippen LogP contribution in [-0.2, 0) is 20.4 Å². The number of carbonyl (C=O) groups is 1. The maximum absolute atomic E-state index is 12.8. The summed E-state index contributed by atoms with van der Waals surface area (Å²) in [5.74, 6) is 2.95. The fraction of sp³-hybridized carbons (Fsp3) is 0.650. The molecule has 0 radical (unpaired) electrons. The third-order valence-electron chi connectivity index (χ3n) is 4.86. The van der Waals surface area contributed by atoms with Crippen LogP contribution < -0.4 is 9.47 Å². The molecule has 1 amide bonds. The molecule has 0 aliphatic carbocycles. The number of hydrogen-bond acceptors (Lipinski definition) is 6. The SMILES string of the molecule is COc1cc(C)c(CSCC(=O)N(CC(C)C)[C@@H]2CCS(=O)(=O)C2)cc1OC. The normalized spacial score (nSPS) is 18.3. The predicted octanol–water partition coefficient (Wildman–Crippen LogP) is 2.92. The fourth-order valence-corrected chi connectivity index (χ4v) is 6.08. The summed E-state index contributed by atoms with van der Waals surface area (Å²) in [4.78, 5) is 14.6. The molecule has 1 aromatic rings. The molecule has 0 aromatic heterocycles. The van der Waals surface area contributed by atoms with Crippen LogP contribution in [0.4, 0.5) is 0 Å². The zero-order valence-corrected chi connectivity index (χ0v) is 19.0. The van der Waals surface area contributed by atoms with Gasteiger partial charge in [0.15, 0.2) is 21.3 Å². The molecule has 0 spiro atoms. The average molecular weight is 430 g/mol. The molecule has 2 rings (SSSR count). The number of carbonyl (C=O) groups excluding carboxylic acids is 1. The van der Waals surface area contributed by atoms with Crippen LogP contribution in [0, 0.1) is 12.8 Å². The number of benzene rings is 1. The molecule has 0 bridgehead atoms. The first kappa shape index (κ1) is 22.9. The van der Waals surface area contributed by atoms with E-state index < -0.39 is 9.84 Å². The maximum atomic E-state index is 12.8. The molecule has 1 saturated heterocycles. The van der Waals surface area contributed by atoms with Gasteiger partial charge in [-0.05, 0) is 42.5 Å². The van der Waals surface area contributed by atoms with E-state index in [1.54, 1.807) is 19.1 Å². The molecule has 8 heteroatoms.